The summed E-state index contributed by atoms with van der Waals surface area (Å²) in [6.45, 7) is 3.95. The van der Waals surface area contributed by atoms with Crippen molar-refractivity contribution in [2.24, 2.45) is 5.73 Å². The zero-order valence-corrected chi connectivity index (χ0v) is 14.7. The quantitative estimate of drug-likeness (QED) is 0.734. The SMILES string of the molecule is CC(C)n1ccc(C(=O)Nc2sc(-c3ccccc3)cc2C(N)=O)n1. The molecule has 0 saturated carbocycles. The monoisotopic (exact) mass is 354 g/mol. The number of primary amides is 1. The number of thiophene rings is 1. The number of hydrogen-bond acceptors (Lipinski definition) is 4. The van der Waals surface area contributed by atoms with E-state index in [9.17, 15) is 9.59 Å². The highest BCUT2D eigenvalue weighted by Crippen LogP contribution is 2.35. The summed E-state index contributed by atoms with van der Waals surface area (Å²) in [5.74, 6) is -0.954. The molecule has 0 fully saturated rings. The van der Waals surface area contributed by atoms with Crippen molar-refractivity contribution in [1.29, 1.82) is 0 Å². The minimum Gasteiger partial charge on any atom is -0.366 e. The molecule has 3 rings (SSSR count). The lowest BCUT2D eigenvalue weighted by molar-refractivity contribution is 0.100. The lowest BCUT2D eigenvalue weighted by Crippen LogP contribution is -2.17. The van der Waals surface area contributed by atoms with Gasteiger partial charge in [-0.2, -0.15) is 5.10 Å². The first-order chi connectivity index (χ1) is 12.0. The number of nitrogens with one attached hydrogen (secondary N) is 1. The Hall–Kier alpha value is -2.93. The molecule has 0 radical (unpaired) electrons. The summed E-state index contributed by atoms with van der Waals surface area (Å²) in [7, 11) is 0. The molecule has 0 aliphatic carbocycles. The predicted octanol–water partition coefficient (Wildman–Crippen LogP) is 3.54. The van der Waals surface area contributed by atoms with Crippen LogP contribution in [0.15, 0.2) is 48.7 Å². The fourth-order valence-corrected chi connectivity index (χ4v) is 3.39. The number of nitrogens with zero attached hydrogens (tertiary/aromatic N) is 2. The molecule has 2 amide bonds. The Labute approximate surface area is 149 Å². The molecule has 7 heteroatoms. The van der Waals surface area contributed by atoms with Crippen LogP contribution < -0.4 is 11.1 Å². The van der Waals surface area contributed by atoms with E-state index in [-0.39, 0.29) is 11.9 Å². The Balaban J connectivity index is 1.89. The van der Waals surface area contributed by atoms with Gasteiger partial charge in [0, 0.05) is 17.1 Å². The number of carbonyl (C=O) groups excluding carboxylic acids is 2. The molecule has 0 unspecified atom stereocenters. The van der Waals surface area contributed by atoms with Gasteiger partial charge < -0.3 is 11.1 Å². The first kappa shape index (κ1) is 16.9. The minimum absolute atomic E-state index is 0.161. The van der Waals surface area contributed by atoms with Crippen molar-refractivity contribution in [2.45, 2.75) is 19.9 Å². The smallest absolute Gasteiger partial charge is 0.276 e. The van der Waals surface area contributed by atoms with E-state index in [2.05, 4.69) is 10.4 Å². The predicted molar refractivity (Wildman–Crippen MR) is 98.8 cm³/mol. The van der Waals surface area contributed by atoms with Gasteiger partial charge in [-0.3, -0.25) is 14.3 Å². The van der Waals surface area contributed by atoms with Gasteiger partial charge in [-0.1, -0.05) is 30.3 Å². The van der Waals surface area contributed by atoms with E-state index in [0.29, 0.717) is 16.3 Å². The molecule has 25 heavy (non-hydrogen) atoms. The number of benzene rings is 1. The lowest BCUT2D eigenvalue weighted by atomic mass is 10.1. The van der Waals surface area contributed by atoms with E-state index in [1.807, 2.05) is 44.2 Å². The van der Waals surface area contributed by atoms with Crippen molar-refractivity contribution in [2.75, 3.05) is 5.32 Å². The summed E-state index contributed by atoms with van der Waals surface area (Å²) in [4.78, 5) is 25.0. The van der Waals surface area contributed by atoms with E-state index in [0.717, 1.165) is 10.4 Å². The van der Waals surface area contributed by atoms with Crippen LogP contribution in [0.5, 0.6) is 0 Å². The highest BCUT2D eigenvalue weighted by molar-refractivity contribution is 7.20. The second-order valence-electron chi connectivity index (χ2n) is 5.81. The van der Waals surface area contributed by atoms with Crippen molar-refractivity contribution < 1.29 is 9.59 Å². The summed E-state index contributed by atoms with van der Waals surface area (Å²) in [5.41, 5.74) is 7.00. The largest absolute Gasteiger partial charge is 0.366 e. The number of hydrogen-bond donors (Lipinski definition) is 2. The van der Waals surface area contributed by atoms with Gasteiger partial charge in [0.1, 0.15) is 5.00 Å². The van der Waals surface area contributed by atoms with Gasteiger partial charge in [0.2, 0.25) is 0 Å². The Morgan fingerprint density at radius 2 is 1.92 bits per heavy atom. The van der Waals surface area contributed by atoms with Gasteiger partial charge in [0.25, 0.3) is 11.8 Å². The molecule has 6 nitrogen and oxygen atoms in total. The molecule has 1 aromatic carbocycles. The molecule has 3 N–H and O–H groups in total. The average Bonchev–Trinajstić information content (AvgIpc) is 3.23. The molecular weight excluding hydrogens is 336 g/mol. The van der Waals surface area contributed by atoms with E-state index in [4.69, 9.17) is 5.73 Å². The van der Waals surface area contributed by atoms with E-state index in [1.54, 1.807) is 23.0 Å². The third-order valence-electron chi connectivity index (χ3n) is 3.65. The molecule has 3 aromatic rings. The molecule has 2 aromatic heterocycles. The summed E-state index contributed by atoms with van der Waals surface area (Å²) in [6, 6.07) is 13.1. The van der Waals surface area contributed by atoms with Crippen LogP contribution in [0.25, 0.3) is 10.4 Å². The lowest BCUT2D eigenvalue weighted by Gasteiger charge is -2.04. The third-order valence-corrected chi connectivity index (χ3v) is 4.75. The van der Waals surface area contributed by atoms with Crippen molar-refractivity contribution in [3.63, 3.8) is 0 Å². The molecule has 0 aliphatic heterocycles. The van der Waals surface area contributed by atoms with Gasteiger partial charge in [-0.25, -0.2) is 0 Å². The average molecular weight is 354 g/mol. The summed E-state index contributed by atoms with van der Waals surface area (Å²) >= 11 is 1.31. The number of anilines is 1. The maximum atomic E-state index is 12.4. The Morgan fingerprint density at radius 3 is 2.52 bits per heavy atom. The highest BCUT2D eigenvalue weighted by atomic mass is 32.1. The van der Waals surface area contributed by atoms with E-state index in [1.165, 1.54) is 11.3 Å². The topological polar surface area (TPSA) is 90.0 Å². The van der Waals surface area contributed by atoms with Gasteiger partial charge in [-0.15, -0.1) is 11.3 Å². The number of carbonyl (C=O) groups is 2. The number of rotatable bonds is 5. The maximum Gasteiger partial charge on any atom is 0.276 e. The molecule has 0 bridgehead atoms. The Bertz CT molecular complexity index is 912. The Morgan fingerprint density at radius 1 is 1.20 bits per heavy atom. The zero-order chi connectivity index (χ0) is 18.0. The van der Waals surface area contributed by atoms with Crippen molar-refractivity contribution in [1.82, 2.24) is 9.78 Å². The molecular formula is C18H18N4O2S. The van der Waals surface area contributed by atoms with E-state index >= 15 is 0 Å². The number of amides is 2. The summed E-state index contributed by atoms with van der Waals surface area (Å²) < 4.78 is 1.70. The minimum atomic E-state index is -0.582. The van der Waals surface area contributed by atoms with Gasteiger partial charge in [0.15, 0.2) is 5.69 Å². The van der Waals surface area contributed by atoms with Gasteiger partial charge >= 0.3 is 0 Å². The van der Waals surface area contributed by atoms with E-state index < -0.39 is 5.91 Å². The molecule has 2 heterocycles. The maximum absolute atomic E-state index is 12.4. The van der Waals surface area contributed by atoms with Crippen LogP contribution in [0.1, 0.15) is 40.7 Å². The zero-order valence-electron chi connectivity index (χ0n) is 13.9. The summed E-state index contributed by atoms with van der Waals surface area (Å²) in [6.07, 6.45) is 1.75. The summed E-state index contributed by atoms with van der Waals surface area (Å²) in [5, 5.41) is 7.42. The van der Waals surface area contributed by atoms with Crippen LogP contribution in [-0.2, 0) is 0 Å². The molecule has 0 saturated heterocycles. The first-order valence-electron chi connectivity index (χ1n) is 7.81. The van der Waals surface area contributed by atoms with Crippen molar-refractivity contribution >= 4 is 28.2 Å². The second-order valence-corrected chi connectivity index (χ2v) is 6.86. The standard InChI is InChI=1S/C18H18N4O2S/c1-11(2)22-9-8-14(21-22)17(24)20-18-13(16(19)23)10-15(25-18)12-6-4-3-5-7-12/h3-11H,1-2H3,(H2,19,23)(H,20,24). The van der Waals surface area contributed by atoms with Crippen molar-refractivity contribution in [3.05, 3.63) is 59.9 Å². The number of aromatic nitrogens is 2. The third kappa shape index (κ3) is 3.61. The molecule has 0 aliphatic rings. The van der Waals surface area contributed by atoms with Crippen LogP contribution in [0.4, 0.5) is 5.00 Å². The fourth-order valence-electron chi connectivity index (χ4n) is 2.33. The number of nitrogens with two attached hydrogens (primary N) is 1. The van der Waals surface area contributed by atoms with Crippen LogP contribution >= 0.6 is 11.3 Å². The van der Waals surface area contributed by atoms with Gasteiger partial charge in [0.05, 0.1) is 5.56 Å². The van der Waals surface area contributed by atoms with Gasteiger partial charge in [-0.05, 0) is 31.5 Å². The molecule has 128 valence electrons. The first-order valence-corrected chi connectivity index (χ1v) is 8.63. The van der Waals surface area contributed by atoms with Crippen molar-refractivity contribution in [3.8, 4) is 10.4 Å². The fraction of sp³-hybridized carbons (Fsp3) is 0.167. The second kappa shape index (κ2) is 6.90. The highest BCUT2D eigenvalue weighted by Gasteiger charge is 2.19. The Kier molecular flexibility index (Phi) is 4.67. The van der Waals surface area contributed by atoms with Crippen LogP contribution in [0.3, 0.4) is 0 Å². The normalized spacial score (nSPS) is 10.8. The van der Waals surface area contributed by atoms with Crippen LogP contribution in [0, 0.1) is 0 Å². The van der Waals surface area contributed by atoms with Crippen LogP contribution in [-0.4, -0.2) is 21.6 Å². The molecule has 0 atom stereocenters. The molecule has 0 spiro atoms. The van der Waals surface area contributed by atoms with Crippen LogP contribution in [0.2, 0.25) is 0 Å².